The van der Waals surface area contributed by atoms with Crippen molar-refractivity contribution in [3.63, 3.8) is 0 Å². The molecule has 2 aromatic rings. The summed E-state index contributed by atoms with van der Waals surface area (Å²) in [7, 11) is 0. The van der Waals surface area contributed by atoms with Crippen LogP contribution < -0.4 is 5.73 Å². The highest BCUT2D eigenvalue weighted by atomic mass is 35.5. The summed E-state index contributed by atoms with van der Waals surface area (Å²) in [6, 6.07) is 4.69. The Morgan fingerprint density at radius 3 is 2.74 bits per heavy atom. The number of thioether (sulfide) groups is 1. The maximum Gasteiger partial charge on any atom is 0.355 e. The Bertz CT molecular complexity index is 841. The van der Waals surface area contributed by atoms with Gasteiger partial charge in [0.05, 0.1) is 12.1 Å². The lowest BCUT2D eigenvalue weighted by Crippen LogP contribution is -2.41. The number of thiazole rings is 1. The second-order valence-corrected chi connectivity index (χ2v) is 9.15. The molecule has 10 heteroatoms. The Kier molecular flexibility index (Phi) is 6.65. The van der Waals surface area contributed by atoms with E-state index in [0.717, 1.165) is 5.56 Å². The lowest BCUT2D eigenvalue weighted by atomic mass is 9.98. The normalized spacial score (nSPS) is 18.1. The summed E-state index contributed by atoms with van der Waals surface area (Å²) >= 11 is 14.9. The minimum absolute atomic E-state index is 0.0393. The maximum absolute atomic E-state index is 12.3. The van der Waals surface area contributed by atoms with Gasteiger partial charge in [-0.05, 0) is 30.2 Å². The van der Waals surface area contributed by atoms with Crippen molar-refractivity contribution in [1.82, 2.24) is 9.88 Å². The van der Waals surface area contributed by atoms with E-state index in [0.29, 0.717) is 39.5 Å². The molecule has 1 unspecified atom stereocenters. The molecule has 0 spiro atoms. The number of carbonyl (C=O) groups excluding carboxylic acids is 1. The smallest absolute Gasteiger partial charge is 0.355 e. The van der Waals surface area contributed by atoms with E-state index in [9.17, 15) is 9.59 Å². The Balaban J connectivity index is 1.64. The molecule has 0 bridgehead atoms. The second-order valence-electron chi connectivity index (χ2n) is 6.07. The van der Waals surface area contributed by atoms with Crippen LogP contribution in [0.25, 0.3) is 0 Å². The summed E-state index contributed by atoms with van der Waals surface area (Å²) < 4.78 is 0.668. The van der Waals surface area contributed by atoms with E-state index in [1.165, 1.54) is 28.5 Å². The molecule has 144 valence electrons. The standard InChI is InChI=1S/C17H17Cl2N3O3S2/c18-10-5-9(6-11(19)7-10)15(20)13-1-2-14(23)22(13)3-4-26-17-21-12(8-27-17)16(24)25/h5-8,13,15H,1-4,20H2,(H,24,25)/t13-,15?/m1/s1. The summed E-state index contributed by atoms with van der Waals surface area (Å²) in [6.45, 7) is 0.512. The maximum atomic E-state index is 12.3. The molecule has 1 saturated heterocycles. The van der Waals surface area contributed by atoms with E-state index in [1.54, 1.807) is 23.1 Å². The number of aromatic carboxylic acids is 1. The van der Waals surface area contributed by atoms with Gasteiger partial charge in [0.2, 0.25) is 5.91 Å². The second kappa shape index (κ2) is 8.79. The number of rotatable bonds is 7. The molecule has 1 aliphatic heterocycles. The molecule has 1 aliphatic rings. The van der Waals surface area contributed by atoms with E-state index in [1.807, 2.05) is 0 Å². The molecule has 1 amide bonds. The molecule has 27 heavy (non-hydrogen) atoms. The topological polar surface area (TPSA) is 96.5 Å². The Hall–Kier alpha value is -1.32. The number of aromatic nitrogens is 1. The van der Waals surface area contributed by atoms with Crippen molar-refractivity contribution < 1.29 is 14.7 Å². The first-order valence-electron chi connectivity index (χ1n) is 8.18. The number of carboxylic acids is 1. The Labute approximate surface area is 174 Å². The lowest BCUT2D eigenvalue weighted by molar-refractivity contribution is -0.128. The van der Waals surface area contributed by atoms with Crippen LogP contribution in [0, 0.1) is 0 Å². The van der Waals surface area contributed by atoms with Gasteiger partial charge in [0.25, 0.3) is 0 Å². The number of nitrogens with two attached hydrogens (primary N) is 1. The van der Waals surface area contributed by atoms with Crippen LogP contribution in [-0.4, -0.2) is 45.2 Å². The predicted molar refractivity (Wildman–Crippen MR) is 108 cm³/mol. The van der Waals surface area contributed by atoms with Gasteiger partial charge in [-0.1, -0.05) is 35.0 Å². The molecule has 0 saturated carbocycles. The Morgan fingerprint density at radius 1 is 1.41 bits per heavy atom. The van der Waals surface area contributed by atoms with Gasteiger partial charge in [-0.15, -0.1) is 11.3 Å². The number of halogens is 2. The van der Waals surface area contributed by atoms with Crippen LogP contribution in [0.1, 0.15) is 34.9 Å². The van der Waals surface area contributed by atoms with Crippen molar-refractivity contribution >= 4 is 58.2 Å². The van der Waals surface area contributed by atoms with Crippen LogP contribution >= 0.6 is 46.3 Å². The number of likely N-dealkylation sites (tertiary alicyclic amines) is 1. The van der Waals surface area contributed by atoms with Gasteiger partial charge in [-0.25, -0.2) is 9.78 Å². The predicted octanol–water partition coefficient (Wildman–Crippen LogP) is 3.93. The average molecular weight is 446 g/mol. The van der Waals surface area contributed by atoms with E-state index in [2.05, 4.69) is 4.98 Å². The molecule has 2 atom stereocenters. The monoisotopic (exact) mass is 445 g/mol. The van der Waals surface area contributed by atoms with Gasteiger partial charge in [0.15, 0.2) is 10.0 Å². The van der Waals surface area contributed by atoms with Crippen LogP contribution in [0.5, 0.6) is 0 Å². The van der Waals surface area contributed by atoms with Gasteiger partial charge in [-0.2, -0.15) is 0 Å². The first-order valence-corrected chi connectivity index (χ1v) is 10.8. The van der Waals surface area contributed by atoms with Crippen LogP contribution in [0.15, 0.2) is 27.9 Å². The van der Waals surface area contributed by atoms with Gasteiger partial charge in [-0.3, -0.25) is 4.79 Å². The van der Waals surface area contributed by atoms with Crippen LogP contribution in [0.2, 0.25) is 10.0 Å². The third-order valence-corrected chi connectivity index (χ3v) is 6.76. The molecule has 0 radical (unpaired) electrons. The fourth-order valence-corrected chi connectivity index (χ4v) is 5.41. The zero-order chi connectivity index (χ0) is 19.6. The zero-order valence-corrected chi connectivity index (χ0v) is 17.2. The lowest BCUT2D eigenvalue weighted by Gasteiger charge is -2.30. The van der Waals surface area contributed by atoms with E-state index in [4.69, 9.17) is 34.0 Å². The first-order chi connectivity index (χ1) is 12.8. The molecular formula is C17H17Cl2N3O3S2. The van der Waals surface area contributed by atoms with Crippen molar-refractivity contribution in [3.8, 4) is 0 Å². The molecular weight excluding hydrogens is 429 g/mol. The SMILES string of the molecule is NC(c1cc(Cl)cc(Cl)c1)[C@H]1CCC(=O)N1CCSc1nc(C(=O)O)cs1. The number of benzene rings is 1. The first kappa shape index (κ1) is 20.4. The van der Waals surface area contributed by atoms with Crippen LogP contribution in [0.3, 0.4) is 0 Å². The van der Waals surface area contributed by atoms with Gasteiger partial charge in [0.1, 0.15) is 0 Å². The molecule has 1 aromatic carbocycles. The van der Waals surface area contributed by atoms with Crippen molar-refractivity contribution in [3.05, 3.63) is 44.9 Å². The number of hydrogen-bond acceptors (Lipinski definition) is 6. The summed E-state index contributed by atoms with van der Waals surface area (Å²) in [5, 5.41) is 11.5. The molecule has 3 rings (SSSR count). The van der Waals surface area contributed by atoms with Crippen molar-refractivity contribution in [2.24, 2.45) is 5.73 Å². The third kappa shape index (κ3) is 4.94. The van der Waals surface area contributed by atoms with Crippen LogP contribution in [0.4, 0.5) is 0 Å². The average Bonchev–Trinajstić information content (AvgIpc) is 3.21. The summed E-state index contributed by atoms with van der Waals surface area (Å²) in [6.07, 6.45) is 1.13. The number of hydrogen-bond donors (Lipinski definition) is 2. The number of amides is 1. The zero-order valence-electron chi connectivity index (χ0n) is 14.1. The van der Waals surface area contributed by atoms with E-state index in [-0.39, 0.29) is 23.7 Å². The highest BCUT2D eigenvalue weighted by molar-refractivity contribution is 8.01. The highest BCUT2D eigenvalue weighted by Gasteiger charge is 2.35. The van der Waals surface area contributed by atoms with Crippen molar-refractivity contribution in [1.29, 1.82) is 0 Å². The minimum atomic E-state index is -1.04. The highest BCUT2D eigenvalue weighted by Crippen LogP contribution is 2.32. The number of nitrogens with zero attached hydrogens (tertiary/aromatic N) is 2. The molecule has 2 heterocycles. The molecule has 0 aliphatic carbocycles. The number of carbonyl (C=O) groups is 2. The molecule has 3 N–H and O–H groups in total. The van der Waals surface area contributed by atoms with Crippen LogP contribution in [-0.2, 0) is 4.79 Å². The summed E-state index contributed by atoms with van der Waals surface area (Å²) in [5.41, 5.74) is 7.26. The quantitative estimate of drug-likeness (QED) is 0.626. The van der Waals surface area contributed by atoms with E-state index < -0.39 is 5.97 Å². The number of carboxylic acid groups (broad SMARTS) is 1. The Morgan fingerprint density at radius 2 is 2.11 bits per heavy atom. The minimum Gasteiger partial charge on any atom is -0.476 e. The fourth-order valence-electron chi connectivity index (χ4n) is 3.06. The van der Waals surface area contributed by atoms with Crippen molar-refractivity contribution in [2.45, 2.75) is 29.3 Å². The van der Waals surface area contributed by atoms with Gasteiger partial charge < -0.3 is 15.7 Å². The van der Waals surface area contributed by atoms with Gasteiger partial charge in [0, 0.05) is 34.1 Å². The molecule has 1 fully saturated rings. The largest absolute Gasteiger partial charge is 0.476 e. The van der Waals surface area contributed by atoms with Gasteiger partial charge >= 0.3 is 5.97 Å². The third-order valence-electron chi connectivity index (χ3n) is 4.32. The van der Waals surface area contributed by atoms with E-state index >= 15 is 0 Å². The fraction of sp³-hybridized carbons (Fsp3) is 0.353. The van der Waals surface area contributed by atoms with Crippen molar-refractivity contribution in [2.75, 3.05) is 12.3 Å². The molecule has 6 nitrogen and oxygen atoms in total. The summed E-state index contributed by atoms with van der Waals surface area (Å²) in [5.74, 6) is -0.369. The molecule has 1 aromatic heterocycles. The summed E-state index contributed by atoms with van der Waals surface area (Å²) in [4.78, 5) is 29.0.